The first-order valence-corrected chi connectivity index (χ1v) is 7.96. The Kier molecular flexibility index (Phi) is 5.72. The molecule has 2 rings (SSSR count). The second kappa shape index (κ2) is 7.53. The number of ether oxygens (including phenoxy) is 1. The summed E-state index contributed by atoms with van der Waals surface area (Å²) in [6.45, 7) is 10.8. The quantitative estimate of drug-likeness (QED) is 0.863. The number of likely N-dealkylation sites (N-methyl/N-ethyl adjacent to an activating group) is 1. The van der Waals surface area contributed by atoms with E-state index in [0.29, 0.717) is 12.0 Å². The molecule has 1 aromatic rings. The molecule has 0 bridgehead atoms. The highest BCUT2D eigenvalue weighted by molar-refractivity contribution is 5.59. The molecule has 0 radical (unpaired) electrons. The summed E-state index contributed by atoms with van der Waals surface area (Å²) >= 11 is 0. The van der Waals surface area contributed by atoms with Crippen LogP contribution in [0.3, 0.4) is 0 Å². The summed E-state index contributed by atoms with van der Waals surface area (Å²) in [5.41, 5.74) is 1.25. The number of para-hydroxylation sites is 2. The van der Waals surface area contributed by atoms with Crippen molar-refractivity contribution in [3.05, 3.63) is 24.3 Å². The van der Waals surface area contributed by atoms with Gasteiger partial charge in [-0.1, -0.05) is 39.3 Å². The number of benzene rings is 1. The Morgan fingerprint density at radius 2 is 2.10 bits per heavy atom. The summed E-state index contributed by atoms with van der Waals surface area (Å²) in [5, 5.41) is 3.65. The number of rotatable bonds is 6. The average Bonchev–Trinajstić information content (AvgIpc) is 2.68. The molecule has 1 aliphatic heterocycles. The molecule has 1 N–H and O–H groups in total. The molecule has 0 fully saturated rings. The Morgan fingerprint density at radius 3 is 2.85 bits per heavy atom. The van der Waals surface area contributed by atoms with E-state index in [4.69, 9.17) is 4.74 Å². The minimum absolute atomic E-state index is 0.538. The topological polar surface area (TPSA) is 24.5 Å². The molecular weight excluding hydrogens is 248 g/mol. The van der Waals surface area contributed by atoms with Gasteiger partial charge < -0.3 is 15.0 Å². The number of hydrogen-bond acceptors (Lipinski definition) is 3. The van der Waals surface area contributed by atoms with Crippen molar-refractivity contribution in [2.24, 2.45) is 5.92 Å². The Balaban J connectivity index is 2.14. The highest BCUT2D eigenvalue weighted by Crippen LogP contribution is 2.31. The minimum Gasteiger partial charge on any atom is -0.491 e. The summed E-state index contributed by atoms with van der Waals surface area (Å²) in [5.74, 6) is 1.72. The molecule has 3 heteroatoms. The standard InChI is InChI=1S/C17H28N2O/c1-4-14(3)15(18-5-2)13-19-11-8-12-20-17-10-7-6-9-16(17)19/h6-7,9-10,14-15,18H,4-5,8,11-13H2,1-3H3. The van der Waals surface area contributed by atoms with Crippen LogP contribution in [0.15, 0.2) is 24.3 Å². The number of hydrogen-bond donors (Lipinski definition) is 1. The smallest absolute Gasteiger partial charge is 0.142 e. The van der Waals surface area contributed by atoms with E-state index in [1.54, 1.807) is 0 Å². The molecular formula is C17H28N2O. The monoisotopic (exact) mass is 276 g/mol. The minimum atomic E-state index is 0.538. The van der Waals surface area contributed by atoms with E-state index < -0.39 is 0 Å². The highest BCUT2D eigenvalue weighted by Gasteiger charge is 2.22. The molecule has 0 aromatic heterocycles. The van der Waals surface area contributed by atoms with Crippen LogP contribution in [-0.4, -0.2) is 32.3 Å². The third-order valence-corrected chi connectivity index (χ3v) is 4.25. The van der Waals surface area contributed by atoms with Crippen LogP contribution in [0.25, 0.3) is 0 Å². The lowest BCUT2D eigenvalue weighted by atomic mass is 9.98. The van der Waals surface area contributed by atoms with Crippen LogP contribution in [0.1, 0.15) is 33.6 Å². The molecule has 2 unspecified atom stereocenters. The van der Waals surface area contributed by atoms with Gasteiger partial charge in [0.25, 0.3) is 0 Å². The maximum atomic E-state index is 5.84. The largest absolute Gasteiger partial charge is 0.491 e. The fourth-order valence-electron chi connectivity index (χ4n) is 2.82. The molecule has 0 spiro atoms. The Labute approximate surface area is 123 Å². The van der Waals surface area contributed by atoms with Gasteiger partial charge in [0.2, 0.25) is 0 Å². The van der Waals surface area contributed by atoms with Gasteiger partial charge >= 0.3 is 0 Å². The van der Waals surface area contributed by atoms with Gasteiger partial charge in [0, 0.05) is 19.1 Å². The molecule has 0 aliphatic carbocycles. The molecule has 1 aromatic carbocycles. The fourth-order valence-corrected chi connectivity index (χ4v) is 2.82. The van der Waals surface area contributed by atoms with Gasteiger partial charge in [-0.25, -0.2) is 0 Å². The first-order chi connectivity index (χ1) is 9.76. The maximum Gasteiger partial charge on any atom is 0.142 e. The zero-order valence-corrected chi connectivity index (χ0v) is 13.1. The molecule has 1 aliphatic rings. The predicted molar refractivity (Wildman–Crippen MR) is 85.7 cm³/mol. The van der Waals surface area contributed by atoms with Crippen LogP contribution < -0.4 is 15.0 Å². The summed E-state index contributed by atoms with van der Waals surface area (Å²) in [6, 6.07) is 8.96. The van der Waals surface area contributed by atoms with Gasteiger partial charge in [-0.3, -0.25) is 0 Å². The van der Waals surface area contributed by atoms with Crippen molar-refractivity contribution in [3.8, 4) is 5.75 Å². The van der Waals surface area contributed by atoms with Gasteiger partial charge in [0.15, 0.2) is 0 Å². The van der Waals surface area contributed by atoms with Gasteiger partial charge in [-0.05, 0) is 31.0 Å². The van der Waals surface area contributed by atoms with E-state index in [9.17, 15) is 0 Å². The normalized spacial score (nSPS) is 17.9. The molecule has 20 heavy (non-hydrogen) atoms. The molecule has 3 nitrogen and oxygen atoms in total. The third kappa shape index (κ3) is 3.66. The zero-order valence-electron chi connectivity index (χ0n) is 13.1. The molecule has 0 saturated carbocycles. The average molecular weight is 276 g/mol. The van der Waals surface area contributed by atoms with Crippen LogP contribution >= 0.6 is 0 Å². The van der Waals surface area contributed by atoms with Crippen LogP contribution in [0.2, 0.25) is 0 Å². The van der Waals surface area contributed by atoms with Crippen molar-refractivity contribution >= 4 is 5.69 Å². The summed E-state index contributed by atoms with van der Waals surface area (Å²) in [6.07, 6.45) is 2.30. The second-order valence-corrected chi connectivity index (χ2v) is 5.67. The summed E-state index contributed by atoms with van der Waals surface area (Å²) < 4.78 is 5.84. The number of nitrogens with zero attached hydrogens (tertiary/aromatic N) is 1. The lowest BCUT2D eigenvalue weighted by molar-refractivity contribution is 0.321. The molecule has 0 saturated heterocycles. The summed E-state index contributed by atoms with van der Waals surface area (Å²) in [7, 11) is 0. The van der Waals surface area contributed by atoms with Crippen molar-refractivity contribution in [2.45, 2.75) is 39.7 Å². The first kappa shape index (κ1) is 15.2. The lowest BCUT2D eigenvalue weighted by Gasteiger charge is -2.32. The zero-order chi connectivity index (χ0) is 14.4. The third-order valence-electron chi connectivity index (χ3n) is 4.25. The van der Waals surface area contributed by atoms with E-state index in [-0.39, 0.29) is 0 Å². The van der Waals surface area contributed by atoms with Gasteiger partial charge in [-0.2, -0.15) is 0 Å². The van der Waals surface area contributed by atoms with Crippen LogP contribution in [-0.2, 0) is 0 Å². The Bertz CT molecular complexity index is 408. The molecule has 112 valence electrons. The van der Waals surface area contributed by atoms with Crippen molar-refractivity contribution in [1.29, 1.82) is 0 Å². The Hall–Kier alpha value is -1.22. The number of nitrogens with one attached hydrogen (secondary N) is 1. The van der Waals surface area contributed by atoms with E-state index in [1.807, 2.05) is 0 Å². The van der Waals surface area contributed by atoms with E-state index in [2.05, 4.69) is 55.3 Å². The predicted octanol–water partition coefficient (Wildman–Crippen LogP) is 3.30. The Morgan fingerprint density at radius 1 is 1.30 bits per heavy atom. The molecule has 2 atom stereocenters. The van der Waals surface area contributed by atoms with Crippen LogP contribution in [0, 0.1) is 5.92 Å². The SMILES string of the molecule is CCNC(CN1CCCOc2ccccc21)C(C)CC. The van der Waals surface area contributed by atoms with Crippen molar-refractivity contribution in [2.75, 3.05) is 31.1 Å². The molecule has 0 amide bonds. The van der Waals surface area contributed by atoms with Crippen LogP contribution in [0.5, 0.6) is 5.75 Å². The lowest BCUT2D eigenvalue weighted by Crippen LogP contribution is -2.45. The highest BCUT2D eigenvalue weighted by atomic mass is 16.5. The van der Waals surface area contributed by atoms with E-state index in [0.717, 1.165) is 38.4 Å². The van der Waals surface area contributed by atoms with Crippen LogP contribution in [0.4, 0.5) is 5.69 Å². The van der Waals surface area contributed by atoms with Crippen molar-refractivity contribution in [3.63, 3.8) is 0 Å². The van der Waals surface area contributed by atoms with Crippen molar-refractivity contribution in [1.82, 2.24) is 5.32 Å². The van der Waals surface area contributed by atoms with E-state index >= 15 is 0 Å². The van der Waals surface area contributed by atoms with Gasteiger partial charge in [0.05, 0.1) is 12.3 Å². The fraction of sp³-hybridized carbons (Fsp3) is 0.647. The molecule has 1 heterocycles. The van der Waals surface area contributed by atoms with Gasteiger partial charge in [0.1, 0.15) is 5.75 Å². The first-order valence-electron chi connectivity index (χ1n) is 7.96. The van der Waals surface area contributed by atoms with Gasteiger partial charge in [-0.15, -0.1) is 0 Å². The maximum absolute atomic E-state index is 5.84. The second-order valence-electron chi connectivity index (χ2n) is 5.67. The van der Waals surface area contributed by atoms with E-state index in [1.165, 1.54) is 12.1 Å². The number of anilines is 1. The number of fused-ring (bicyclic) bond motifs is 1. The summed E-state index contributed by atoms with van der Waals surface area (Å²) in [4.78, 5) is 2.49. The van der Waals surface area contributed by atoms with Crippen molar-refractivity contribution < 1.29 is 4.74 Å².